The summed E-state index contributed by atoms with van der Waals surface area (Å²) in [5.74, 6) is -0.360. The first-order valence-electron chi connectivity index (χ1n) is 6.81. The fraction of sp³-hybridized carbons (Fsp3) is 0.571. The number of hydrogen-bond acceptors (Lipinski definition) is 6. The van der Waals surface area contributed by atoms with E-state index in [-0.39, 0.29) is 12.6 Å². The van der Waals surface area contributed by atoms with Gasteiger partial charge in [-0.25, -0.2) is 4.79 Å². The summed E-state index contributed by atoms with van der Waals surface area (Å²) >= 11 is 0. The van der Waals surface area contributed by atoms with Gasteiger partial charge in [-0.1, -0.05) is 0 Å². The normalized spacial score (nSPS) is 17.1. The van der Waals surface area contributed by atoms with Gasteiger partial charge in [-0.05, 0) is 12.1 Å². The molecular weight excluding hydrogens is 258 g/mol. The van der Waals surface area contributed by atoms with Crippen molar-refractivity contribution in [1.29, 1.82) is 0 Å². The van der Waals surface area contributed by atoms with Crippen LogP contribution in [0.3, 0.4) is 0 Å². The molecule has 0 unspecified atom stereocenters. The molecule has 2 rings (SSSR count). The average Bonchev–Trinajstić information content (AvgIpc) is 2.49. The van der Waals surface area contributed by atoms with Crippen LogP contribution in [0.2, 0.25) is 0 Å². The molecule has 0 aliphatic carbocycles. The molecule has 1 aliphatic rings. The molecule has 0 radical (unpaired) electrons. The third kappa shape index (κ3) is 4.00. The van der Waals surface area contributed by atoms with Crippen molar-refractivity contribution in [3.63, 3.8) is 0 Å². The fourth-order valence-electron chi connectivity index (χ4n) is 2.30. The Labute approximate surface area is 119 Å². The van der Waals surface area contributed by atoms with Crippen molar-refractivity contribution in [2.45, 2.75) is 6.54 Å². The van der Waals surface area contributed by atoms with Gasteiger partial charge in [0.05, 0.1) is 25.0 Å². The Morgan fingerprint density at radius 2 is 2.00 bits per heavy atom. The van der Waals surface area contributed by atoms with E-state index in [0.717, 1.165) is 45.0 Å². The number of aliphatic hydroxyl groups is 1. The van der Waals surface area contributed by atoms with Crippen molar-refractivity contribution in [2.75, 3.05) is 46.4 Å². The lowest BCUT2D eigenvalue weighted by atomic mass is 10.2. The van der Waals surface area contributed by atoms with Gasteiger partial charge in [0.25, 0.3) is 0 Å². The Morgan fingerprint density at radius 1 is 1.30 bits per heavy atom. The molecule has 110 valence electrons. The van der Waals surface area contributed by atoms with Gasteiger partial charge < -0.3 is 9.84 Å². The van der Waals surface area contributed by atoms with E-state index in [1.165, 1.54) is 7.11 Å². The van der Waals surface area contributed by atoms with E-state index >= 15 is 0 Å². The lowest BCUT2D eigenvalue weighted by Gasteiger charge is -2.34. The van der Waals surface area contributed by atoms with Gasteiger partial charge in [-0.2, -0.15) is 0 Å². The summed E-state index contributed by atoms with van der Waals surface area (Å²) in [5.41, 5.74) is 1.43. The summed E-state index contributed by atoms with van der Waals surface area (Å²) in [6.45, 7) is 5.65. The molecule has 6 heteroatoms. The number of methoxy groups -OCH3 is 1. The number of piperazine rings is 1. The summed E-state index contributed by atoms with van der Waals surface area (Å²) in [6.07, 6.45) is 1.56. The molecule has 1 N–H and O–H groups in total. The van der Waals surface area contributed by atoms with Crippen LogP contribution in [0.4, 0.5) is 0 Å². The van der Waals surface area contributed by atoms with Crippen molar-refractivity contribution in [2.24, 2.45) is 0 Å². The molecule has 1 aromatic heterocycles. The summed E-state index contributed by atoms with van der Waals surface area (Å²) in [4.78, 5) is 20.2. The highest BCUT2D eigenvalue weighted by molar-refractivity contribution is 5.88. The summed E-state index contributed by atoms with van der Waals surface area (Å²) < 4.78 is 4.65. The molecule has 1 aromatic rings. The van der Waals surface area contributed by atoms with Crippen LogP contribution >= 0.6 is 0 Å². The number of carbonyl (C=O) groups is 1. The fourth-order valence-corrected chi connectivity index (χ4v) is 2.30. The first-order valence-corrected chi connectivity index (χ1v) is 6.81. The second-order valence-corrected chi connectivity index (χ2v) is 4.87. The number of rotatable bonds is 5. The molecule has 0 bridgehead atoms. The largest absolute Gasteiger partial charge is 0.465 e. The Morgan fingerprint density at radius 3 is 2.55 bits per heavy atom. The zero-order chi connectivity index (χ0) is 14.4. The molecule has 0 atom stereocenters. The molecular formula is C14H21N3O3. The molecule has 20 heavy (non-hydrogen) atoms. The van der Waals surface area contributed by atoms with Crippen molar-refractivity contribution in [3.05, 3.63) is 29.6 Å². The summed E-state index contributed by atoms with van der Waals surface area (Å²) in [7, 11) is 1.36. The van der Waals surface area contributed by atoms with E-state index in [2.05, 4.69) is 19.5 Å². The zero-order valence-electron chi connectivity index (χ0n) is 11.8. The smallest absolute Gasteiger partial charge is 0.339 e. The monoisotopic (exact) mass is 279 g/mol. The second kappa shape index (κ2) is 7.33. The van der Waals surface area contributed by atoms with Crippen LogP contribution in [-0.4, -0.2) is 72.3 Å². The minimum Gasteiger partial charge on any atom is -0.465 e. The van der Waals surface area contributed by atoms with E-state index in [1.54, 1.807) is 12.3 Å². The number of hydrogen-bond donors (Lipinski definition) is 1. The lowest BCUT2D eigenvalue weighted by molar-refractivity contribution is 0.0600. The number of nitrogens with zero attached hydrogens (tertiary/aromatic N) is 3. The van der Waals surface area contributed by atoms with Crippen molar-refractivity contribution in [3.8, 4) is 0 Å². The number of β-amino-alcohol motifs (C(OH)–C–C–N with tert-alkyl or cyclic N) is 1. The summed E-state index contributed by atoms with van der Waals surface area (Å²) in [6, 6.07) is 3.61. The van der Waals surface area contributed by atoms with Crippen LogP contribution in [0.5, 0.6) is 0 Å². The zero-order valence-corrected chi connectivity index (χ0v) is 11.8. The number of esters is 1. The molecule has 1 aliphatic heterocycles. The van der Waals surface area contributed by atoms with Crippen molar-refractivity contribution >= 4 is 5.97 Å². The second-order valence-electron chi connectivity index (χ2n) is 4.87. The van der Waals surface area contributed by atoms with Gasteiger partial charge in [0, 0.05) is 45.5 Å². The standard InChI is InChI=1S/C14H21N3O3/c1-20-14(19)12-2-3-13(15-10-12)11-17-6-4-16(5-7-17)8-9-18/h2-3,10,18H,4-9,11H2,1H3. The molecule has 0 spiro atoms. The predicted octanol–water partition coefficient (Wildman–Crippen LogP) is -0.0219. The number of pyridine rings is 1. The molecule has 1 saturated heterocycles. The van der Waals surface area contributed by atoms with E-state index in [4.69, 9.17) is 5.11 Å². The molecule has 0 aromatic carbocycles. The first-order chi connectivity index (χ1) is 9.72. The van der Waals surface area contributed by atoms with Gasteiger partial charge >= 0.3 is 5.97 Å². The maximum absolute atomic E-state index is 11.3. The van der Waals surface area contributed by atoms with E-state index < -0.39 is 0 Å². The average molecular weight is 279 g/mol. The maximum atomic E-state index is 11.3. The van der Waals surface area contributed by atoms with Crippen LogP contribution in [0, 0.1) is 0 Å². The van der Waals surface area contributed by atoms with E-state index in [1.807, 2.05) is 6.07 Å². The van der Waals surface area contributed by atoms with Crippen LogP contribution in [0.25, 0.3) is 0 Å². The SMILES string of the molecule is COC(=O)c1ccc(CN2CCN(CCO)CC2)nc1. The number of aliphatic hydroxyl groups excluding tert-OH is 1. The minimum atomic E-state index is -0.360. The van der Waals surface area contributed by atoms with Gasteiger partial charge in [0.2, 0.25) is 0 Å². The highest BCUT2D eigenvalue weighted by Gasteiger charge is 2.16. The maximum Gasteiger partial charge on any atom is 0.339 e. The van der Waals surface area contributed by atoms with Gasteiger partial charge in [-0.3, -0.25) is 14.8 Å². The predicted molar refractivity (Wildman–Crippen MR) is 74.4 cm³/mol. The highest BCUT2D eigenvalue weighted by Crippen LogP contribution is 2.08. The third-order valence-electron chi connectivity index (χ3n) is 3.51. The minimum absolute atomic E-state index is 0.219. The topological polar surface area (TPSA) is 65.9 Å². The number of aromatic nitrogens is 1. The van der Waals surface area contributed by atoms with Crippen LogP contribution in [-0.2, 0) is 11.3 Å². The van der Waals surface area contributed by atoms with Crippen molar-refractivity contribution < 1.29 is 14.6 Å². The van der Waals surface area contributed by atoms with Crippen LogP contribution in [0.1, 0.15) is 16.1 Å². The third-order valence-corrected chi connectivity index (χ3v) is 3.51. The molecule has 0 saturated carbocycles. The first kappa shape index (κ1) is 14.9. The molecule has 2 heterocycles. The molecule has 6 nitrogen and oxygen atoms in total. The summed E-state index contributed by atoms with van der Waals surface area (Å²) in [5, 5.41) is 8.91. The van der Waals surface area contributed by atoms with Gasteiger partial charge in [-0.15, -0.1) is 0 Å². The lowest BCUT2D eigenvalue weighted by Crippen LogP contribution is -2.46. The number of carbonyl (C=O) groups excluding carboxylic acids is 1. The quantitative estimate of drug-likeness (QED) is 0.764. The Kier molecular flexibility index (Phi) is 5.46. The van der Waals surface area contributed by atoms with Gasteiger partial charge in [0.1, 0.15) is 0 Å². The number of ether oxygens (including phenoxy) is 1. The van der Waals surface area contributed by atoms with Crippen LogP contribution in [0.15, 0.2) is 18.3 Å². The Hall–Kier alpha value is -1.50. The highest BCUT2D eigenvalue weighted by atomic mass is 16.5. The molecule has 0 amide bonds. The molecule has 1 fully saturated rings. The van der Waals surface area contributed by atoms with Crippen molar-refractivity contribution in [1.82, 2.24) is 14.8 Å². The van der Waals surface area contributed by atoms with E-state index in [9.17, 15) is 4.79 Å². The Bertz CT molecular complexity index is 428. The van der Waals surface area contributed by atoms with Crippen LogP contribution < -0.4 is 0 Å². The Balaban J connectivity index is 1.84. The van der Waals surface area contributed by atoms with E-state index in [0.29, 0.717) is 5.56 Å². The van der Waals surface area contributed by atoms with Gasteiger partial charge in [0.15, 0.2) is 0 Å².